The fourth-order valence-corrected chi connectivity index (χ4v) is 3.53. The van der Waals surface area contributed by atoms with Crippen LogP contribution in [0.4, 0.5) is 0 Å². The number of carbonyl (C=O) groups excluding carboxylic acids is 2. The number of unbranched alkanes of at least 4 members (excludes halogenated alkanes) is 2. The molecule has 0 bridgehead atoms. The maximum absolute atomic E-state index is 12.7. The van der Waals surface area contributed by atoms with Crippen LogP contribution in [0.25, 0.3) is 10.2 Å². The molecule has 0 saturated heterocycles. The lowest BCUT2D eigenvalue weighted by atomic mass is 10.2. The number of esters is 2. The van der Waals surface area contributed by atoms with E-state index in [0.717, 1.165) is 30.6 Å². The van der Waals surface area contributed by atoms with Gasteiger partial charge in [-0.05, 0) is 24.8 Å². The van der Waals surface area contributed by atoms with Crippen LogP contribution in [0.15, 0.2) is 11.1 Å². The van der Waals surface area contributed by atoms with Crippen LogP contribution >= 0.6 is 11.3 Å². The molecule has 0 aromatic carbocycles. The SMILES string of the molecule is CCCCCOC(=O)Cn1cnc2sc(C(=O)OCC(C)C)c(C)c2c1=O. The monoisotopic (exact) mass is 394 g/mol. The van der Waals surface area contributed by atoms with Gasteiger partial charge in [-0.15, -0.1) is 11.3 Å². The van der Waals surface area contributed by atoms with Crippen LogP contribution in [0.3, 0.4) is 0 Å². The van der Waals surface area contributed by atoms with Crippen LogP contribution < -0.4 is 5.56 Å². The Morgan fingerprint density at radius 2 is 2.00 bits per heavy atom. The van der Waals surface area contributed by atoms with Crippen molar-refractivity contribution in [3.8, 4) is 0 Å². The number of thiophene rings is 1. The largest absolute Gasteiger partial charge is 0.464 e. The molecule has 2 aromatic heterocycles. The fourth-order valence-electron chi connectivity index (χ4n) is 2.50. The summed E-state index contributed by atoms with van der Waals surface area (Å²) in [5.74, 6) is -0.702. The zero-order chi connectivity index (χ0) is 20.0. The standard InChI is InChI=1S/C19H26N2O5S/c1-5-6-7-8-25-14(22)9-21-11-20-17-15(18(21)23)13(4)16(27-17)19(24)26-10-12(2)3/h11-12H,5-10H2,1-4H3. The summed E-state index contributed by atoms with van der Waals surface area (Å²) < 4.78 is 11.6. The third-order valence-corrected chi connectivity index (χ3v) is 5.14. The van der Waals surface area contributed by atoms with Crippen molar-refractivity contribution >= 4 is 33.5 Å². The van der Waals surface area contributed by atoms with Gasteiger partial charge < -0.3 is 9.47 Å². The van der Waals surface area contributed by atoms with Gasteiger partial charge in [0.2, 0.25) is 0 Å². The molecular formula is C19H26N2O5S. The summed E-state index contributed by atoms with van der Waals surface area (Å²) in [5, 5.41) is 0.345. The van der Waals surface area contributed by atoms with Crippen molar-refractivity contribution in [2.75, 3.05) is 13.2 Å². The molecule has 0 aliphatic rings. The predicted octanol–water partition coefficient (Wildman–Crippen LogP) is 3.31. The Labute approximate surface area is 162 Å². The Hall–Kier alpha value is -2.22. The molecule has 0 unspecified atom stereocenters. The van der Waals surface area contributed by atoms with Crippen molar-refractivity contribution < 1.29 is 19.1 Å². The lowest BCUT2D eigenvalue weighted by Crippen LogP contribution is -2.26. The van der Waals surface area contributed by atoms with Crippen LogP contribution in [-0.4, -0.2) is 34.7 Å². The Morgan fingerprint density at radius 3 is 2.67 bits per heavy atom. The van der Waals surface area contributed by atoms with Crippen molar-refractivity contribution in [2.45, 2.75) is 53.5 Å². The molecule has 0 N–H and O–H groups in total. The Bertz CT molecular complexity index is 869. The minimum absolute atomic E-state index is 0.198. The highest BCUT2D eigenvalue weighted by molar-refractivity contribution is 7.20. The first-order valence-corrected chi connectivity index (χ1v) is 9.98. The van der Waals surface area contributed by atoms with Crippen LogP contribution in [0.1, 0.15) is 55.3 Å². The smallest absolute Gasteiger partial charge is 0.348 e. The van der Waals surface area contributed by atoms with Gasteiger partial charge in [-0.3, -0.25) is 14.2 Å². The molecule has 0 fully saturated rings. The molecule has 2 rings (SSSR count). The zero-order valence-electron chi connectivity index (χ0n) is 16.2. The highest BCUT2D eigenvalue weighted by Gasteiger charge is 2.21. The average Bonchev–Trinajstić information content (AvgIpc) is 2.96. The molecule has 2 heterocycles. The molecule has 0 spiro atoms. The normalized spacial score (nSPS) is 11.1. The van der Waals surface area contributed by atoms with E-state index >= 15 is 0 Å². The highest BCUT2D eigenvalue weighted by Crippen LogP contribution is 2.27. The van der Waals surface area contributed by atoms with E-state index in [1.807, 2.05) is 13.8 Å². The van der Waals surface area contributed by atoms with Crippen molar-refractivity contribution in [3.05, 3.63) is 27.1 Å². The molecule has 7 nitrogen and oxygen atoms in total. The first-order valence-electron chi connectivity index (χ1n) is 9.16. The minimum atomic E-state index is -0.473. The van der Waals surface area contributed by atoms with Crippen LogP contribution in [0, 0.1) is 12.8 Å². The third-order valence-electron chi connectivity index (χ3n) is 3.96. The lowest BCUT2D eigenvalue weighted by molar-refractivity contribution is -0.144. The molecule has 0 aliphatic carbocycles. The Kier molecular flexibility index (Phi) is 7.53. The zero-order valence-corrected chi connectivity index (χ0v) is 17.1. The number of aryl methyl sites for hydroxylation is 1. The van der Waals surface area contributed by atoms with Crippen molar-refractivity contribution in [1.29, 1.82) is 0 Å². The third kappa shape index (κ3) is 5.38. The second-order valence-corrected chi connectivity index (χ2v) is 7.83. The molecule has 2 aromatic rings. The van der Waals surface area contributed by atoms with E-state index in [4.69, 9.17) is 9.47 Å². The summed E-state index contributed by atoms with van der Waals surface area (Å²) in [7, 11) is 0. The first kappa shape index (κ1) is 21.1. The Morgan fingerprint density at radius 1 is 1.26 bits per heavy atom. The number of hydrogen-bond acceptors (Lipinski definition) is 7. The highest BCUT2D eigenvalue weighted by atomic mass is 32.1. The minimum Gasteiger partial charge on any atom is -0.464 e. The molecule has 0 aliphatic heterocycles. The topological polar surface area (TPSA) is 87.5 Å². The number of aromatic nitrogens is 2. The molecule has 0 amide bonds. The van der Waals surface area contributed by atoms with Gasteiger partial charge in [0, 0.05) is 0 Å². The summed E-state index contributed by atoms with van der Waals surface area (Å²) >= 11 is 1.13. The quantitative estimate of drug-likeness (QED) is 0.479. The van der Waals surface area contributed by atoms with Gasteiger partial charge in [0.25, 0.3) is 5.56 Å². The van der Waals surface area contributed by atoms with Crippen molar-refractivity contribution in [2.24, 2.45) is 5.92 Å². The van der Waals surface area contributed by atoms with Gasteiger partial charge in [0.05, 0.1) is 24.9 Å². The maximum Gasteiger partial charge on any atom is 0.348 e. The van der Waals surface area contributed by atoms with E-state index in [1.165, 1.54) is 10.9 Å². The fraction of sp³-hybridized carbons (Fsp3) is 0.579. The maximum atomic E-state index is 12.7. The molecule has 0 saturated carbocycles. The predicted molar refractivity (Wildman–Crippen MR) is 104 cm³/mol. The van der Waals surface area contributed by atoms with Crippen molar-refractivity contribution in [1.82, 2.24) is 9.55 Å². The average molecular weight is 394 g/mol. The number of nitrogens with zero attached hydrogens (tertiary/aromatic N) is 2. The number of carbonyl (C=O) groups is 2. The lowest BCUT2D eigenvalue weighted by Gasteiger charge is -2.07. The number of rotatable bonds is 9. The molecule has 0 radical (unpaired) electrons. The number of ether oxygens (including phenoxy) is 2. The first-order chi connectivity index (χ1) is 12.8. The second-order valence-electron chi connectivity index (χ2n) is 6.83. The van der Waals surface area contributed by atoms with Gasteiger partial charge in [-0.2, -0.15) is 0 Å². The summed E-state index contributed by atoms with van der Waals surface area (Å²) in [6.45, 7) is 8.13. The summed E-state index contributed by atoms with van der Waals surface area (Å²) in [6, 6.07) is 0. The van der Waals surface area contributed by atoms with E-state index in [0.29, 0.717) is 33.9 Å². The van der Waals surface area contributed by atoms with E-state index in [2.05, 4.69) is 11.9 Å². The van der Waals surface area contributed by atoms with E-state index < -0.39 is 11.9 Å². The van der Waals surface area contributed by atoms with E-state index in [9.17, 15) is 14.4 Å². The van der Waals surface area contributed by atoms with Crippen LogP contribution in [0.2, 0.25) is 0 Å². The molecular weight excluding hydrogens is 368 g/mol. The summed E-state index contributed by atoms with van der Waals surface area (Å²) in [5.41, 5.74) is 0.175. The van der Waals surface area contributed by atoms with E-state index in [-0.39, 0.29) is 18.0 Å². The molecule has 8 heteroatoms. The van der Waals surface area contributed by atoms with Crippen LogP contribution in [0.5, 0.6) is 0 Å². The Balaban J connectivity index is 2.18. The summed E-state index contributed by atoms with van der Waals surface area (Å²) in [4.78, 5) is 42.0. The molecule has 27 heavy (non-hydrogen) atoms. The van der Waals surface area contributed by atoms with Gasteiger partial charge >= 0.3 is 11.9 Å². The molecule has 148 valence electrons. The molecule has 0 atom stereocenters. The van der Waals surface area contributed by atoms with Gasteiger partial charge in [-0.25, -0.2) is 9.78 Å². The van der Waals surface area contributed by atoms with Crippen molar-refractivity contribution in [3.63, 3.8) is 0 Å². The number of fused-ring (bicyclic) bond motifs is 1. The van der Waals surface area contributed by atoms with E-state index in [1.54, 1.807) is 6.92 Å². The summed E-state index contributed by atoms with van der Waals surface area (Å²) in [6.07, 6.45) is 4.15. The van der Waals surface area contributed by atoms with Gasteiger partial charge in [0.15, 0.2) is 0 Å². The number of hydrogen-bond donors (Lipinski definition) is 0. The van der Waals surface area contributed by atoms with Gasteiger partial charge in [0.1, 0.15) is 16.3 Å². The van der Waals surface area contributed by atoms with Gasteiger partial charge in [-0.1, -0.05) is 33.6 Å². The van der Waals surface area contributed by atoms with Crippen LogP contribution in [-0.2, 0) is 20.8 Å². The second kappa shape index (κ2) is 9.64.